The minimum atomic E-state index is -4.76. The lowest BCUT2D eigenvalue weighted by molar-refractivity contribution is -0.141. The number of nitrogens with one attached hydrogen (secondary N) is 2. The highest BCUT2D eigenvalue weighted by molar-refractivity contribution is 7.91. The van der Waals surface area contributed by atoms with Gasteiger partial charge >= 0.3 is 12.2 Å². The van der Waals surface area contributed by atoms with Gasteiger partial charge in [0.25, 0.3) is 0 Å². The van der Waals surface area contributed by atoms with Crippen molar-refractivity contribution in [1.29, 1.82) is 5.26 Å². The van der Waals surface area contributed by atoms with Crippen molar-refractivity contribution in [2.75, 3.05) is 18.1 Å². The molecule has 0 aliphatic carbocycles. The molecule has 0 saturated carbocycles. The van der Waals surface area contributed by atoms with Crippen LogP contribution in [0.2, 0.25) is 0 Å². The zero-order chi connectivity index (χ0) is 22.9. The minimum Gasteiger partial charge on any atom is -0.611 e. The summed E-state index contributed by atoms with van der Waals surface area (Å²) >= 11 is -1.49. The highest BCUT2D eigenvalue weighted by Crippen LogP contribution is 2.34. The van der Waals surface area contributed by atoms with Gasteiger partial charge in [-0.1, -0.05) is 0 Å². The number of aromatic nitrogens is 4. The second kappa shape index (κ2) is 8.40. The first-order chi connectivity index (χ1) is 14.6. The highest BCUT2D eigenvalue weighted by Gasteiger charge is 2.35. The van der Waals surface area contributed by atoms with E-state index in [0.717, 1.165) is 6.07 Å². The SMILES string of the molecule is CC[S+]([O-])c1ccc(NC(=O)NC)nc1-c1nc2cc(C(F)(F)F)nc(C#N)c2n1C. The van der Waals surface area contributed by atoms with E-state index in [1.807, 2.05) is 0 Å². The average molecular weight is 451 g/mol. The Labute approximate surface area is 177 Å². The van der Waals surface area contributed by atoms with Crippen molar-refractivity contribution < 1.29 is 22.5 Å². The maximum atomic E-state index is 13.2. The standard InChI is InChI=1S/C18H16F3N7O2S/c1-4-31(30)11-5-6-13(27-17(29)23-2)26-14(11)16-25-9-7-12(18(19,20)21)24-10(8-22)15(9)28(16)3/h5-7H,4H2,1-3H3,(H2,23,26,27,29). The number of pyridine rings is 2. The summed E-state index contributed by atoms with van der Waals surface area (Å²) in [6.45, 7) is 1.69. The summed E-state index contributed by atoms with van der Waals surface area (Å²) in [4.78, 5) is 23.9. The van der Waals surface area contributed by atoms with Crippen LogP contribution in [0.3, 0.4) is 0 Å². The maximum Gasteiger partial charge on any atom is 0.433 e. The molecule has 0 bridgehead atoms. The van der Waals surface area contributed by atoms with Gasteiger partial charge in [-0.05, 0) is 36.3 Å². The van der Waals surface area contributed by atoms with Crippen molar-refractivity contribution in [1.82, 2.24) is 24.8 Å². The number of halogens is 3. The van der Waals surface area contributed by atoms with Gasteiger partial charge in [0, 0.05) is 14.1 Å². The molecule has 31 heavy (non-hydrogen) atoms. The summed E-state index contributed by atoms with van der Waals surface area (Å²) in [7, 11) is 2.90. The predicted octanol–water partition coefficient (Wildman–Crippen LogP) is 2.80. The van der Waals surface area contributed by atoms with Gasteiger partial charge in [0.2, 0.25) is 0 Å². The second-order valence-corrected chi connectivity index (χ2v) is 7.92. The number of hydrogen-bond donors (Lipinski definition) is 2. The van der Waals surface area contributed by atoms with Gasteiger partial charge in [-0.15, -0.1) is 0 Å². The highest BCUT2D eigenvalue weighted by atomic mass is 32.2. The molecule has 3 rings (SSSR count). The van der Waals surface area contributed by atoms with Crippen molar-refractivity contribution in [2.45, 2.75) is 18.0 Å². The van der Waals surface area contributed by atoms with E-state index >= 15 is 0 Å². The molecular formula is C18H16F3N7O2S. The van der Waals surface area contributed by atoms with Crippen LogP contribution in [-0.2, 0) is 24.4 Å². The van der Waals surface area contributed by atoms with E-state index in [0.29, 0.717) is 0 Å². The van der Waals surface area contributed by atoms with E-state index < -0.39 is 34.8 Å². The first kappa shape index (κ1) is 22.3. The van der Waals surface area contributed by atoms with Crippen LogP contribution in [0, 0.1) is 11.3 Å². The molecule has 0 fully saturated rings. The molecule has 2 amide bonds. The normalized spacial score (nSPS) is 12.5. The number of aryl methyl sites for hydroxylation is 1. The van der Waals surface area contributed by atoms with Crippen LogP contribution in [0.4, 0.5) is 23.8 Å². The summed E-state index contributed by atoms with van der Waals surface area (Å²) in [5.41, 5.74) is -1.64. The quantitative estimate of drug-likeness (QED) is 0.587. The van der Waals surface area contributed by atoms with Crippen LogP contribution in [0.1, 0.15) is 18.3 Å². The molecule has 3 heterocycles. The topological polar surface area (TPSA) is 132 Å². The number of imidazole rings is 1. The number of amides is 2. The number of fused-ring (bicyclic) bond motifs is 1. The van der Waals surface area contributed by atoms with Crippen molar-refractivity contribution in [3.8, 4) is 17.6 Å². The van der Waals surface area contributed by atoms with Crippen LogP contribution in [0.15, 0.2) is 23.1 Å². The van der Waals surface area contributed by atoms with Crippen LogP contribution in [-0.4, -0.2) is 42.9 Å². The molecule has 0 radical (unpaired) electrons. The fraction of sp³-hybridized carbons (Fsp3) is 0.278. The lowest BCUT2D eigenvalue weighted by Gasteiger charge is -2.13. The molecule has 9 nitrogen and oxygen atoms in total. The van der Waals surface area contributed by atoms with Gasteiger partial charge in [0.15, 0.2) is 22.1 Å². The molecule has 0 spiro atoms. The van der Waals surface area contributed by atoms with Crippen LogP contribution in [0.25, 0.3) is 22.6 Å². The van der Waals surface area contributed by atoms with Gasteiger partial charge in [-0.25, -0.2) is 19.7 Å². The third-order valence-corrected chi connectivity index (χ3v) is 5.64. The lowest BCUT2D eigenvalue weighted by atomic mass is 10.2. The van der Waals surface area contributed by atoms with Gasteiger partial charge in [-0.3, -0.25) is 5.32 Å². The summed E-state index contributed by atoms with van der Waals surface area (Å²) in [5.74, 6) is 0.446. The first-order valence-electron chi connectivity index (χ1n) is 8.84. The fourth-order valence-electron chi connectivity index (χ4n) is 2.86. The third kappa shape index (κ3) is 4.25. The largest absolute Gasteiger partial charge is 0.611 e. The van der Waals surface area contributed by atoms with Crippen LogP contribution in [0.5, 0.6) is 0 Å². The summed E-state index contributed by atoms with van der Waals surface area (Å²) in [6.07, 6.45) is -4.76. The molecule has 2 N–H and O–H groups in total. The summed E-state index contributed by atoms with van der Waals surface area (Å²) < 4.78 is 53.5. The second-order valence-electron chi connectivity index (χ2n) is 6.21. The molecule has 1 atom stereocenters. The van der Waals surface area contributed by atoms with Crippen LogP contribution >= 0.6 is 0 Å². The van der Waals surface area contributed by atoms with Crippen molar-refractivity contribution in [3.63, 3.8) is 0 Å². The number of urea groups is 1. The Hall–Kier alpha value is -3.37. The maximum absolute atomic E-state index is 13.2. The summed E-state index contributed by atoms with van der Waals surface area (Å²) in [5, 5.41) is 14.2. The first-order valence-corrected chi connectivity index (χ1v) is 10.2. The Morgan fingerprint density at radius 2 is 2.03 bits per heavy atom. The van der Waals surface area contributed by atoms with Crippen molar-refractivity contribution >= 4 is 34.1 Å². The van der Waals surface area contributed by atoms with E-state index in [9.17, 15) is 27.8 Å². The number of carbonyl (C=O) groups excluding carboxylic acids is 1. The predicted molar refractivity (Wildman–Crippen MR) is 106 cm³/mol. The van der Waals surface area contributed by atoms with E-state index in [4.69, 9.17) is 0 Å². The number of rotatable bonds is 4. The Bertz CT molecular complexity index is 1200. The Kier molecular flexibility index (Phi) is 6.05. The number of nitrogens with zero attached hydrogens (tertiary/aromatic N) is 5. The Balaban J connectivity index is 2.29. The number of alkyl halides is 3. The third-order valence-electron chi connectivity index (χ3n) is 4.29. The minimum absolute atomic E-state index is 0.0741. The molecule has 3 aromatic rings. The average Bonchev–Trinajstić information content (AvgIpc) is 3.08. The van der Waals surface area contributed by atoms with Gasteiger partial charge in [0.05, 0.1) is 5.52 Å². The zero-order valence-corrected chi connectivity index (χ0v) is 17.4. The lowest BCUT2D eigenvalue weighted by Crippen LogP contribution is -2.25. The smallest absolute Gasteiger partial charge is 0.433 e. The van der Waals surface area contributed by atoms with E-state index in [-0.39, 0.29) is 39.0 Å². The van der Waals surface area contributed by atoms with Gasteiger partial charge in [-0.2, -0.15) is 18.4 Å². The van der Waals surface area contributed by atoms with Crippen molar-refractivity contribution in [2.24, 2.45) is 7.05 Å². The van der Waals surface area contributed by atoms with E-state index in [1.54, 1.807) is 13.0 Å². The Morgan fingerprint density at radius 1 is 1.32 bits per heavy atom. The molecule has 1 unspecified atom stereocenters. The number of anilines is 1. The van der Waals surface area contributed by atoms with Crippen molar-refractivity contribution in [3.05, 3.63) is 29.6 Å². The Morgan fingerprint density at radius 3 is 2.61 bits per heavy atom. The number of nitriles is 1. The monoisotopic (exact) mass is 451 g/mol. The molecule has 0 aliphatic rings. The molecule has 0 aliphatic heterocycles. The molecule has 0 aromatic carbocycles. The summed E-state index contributed by atoms with van der Waals surface area (Å²) in [6, 6.07) is 4.81. The van der Waals surface area contributed by atoms with E-state index in [1.165, 1.54) is 30.8 Å². The van der Waals surface area contributed by atoms with Gasteiger partial charge < -0.3 is 14.4 Å². The van der Waals surface area contributed by atoms with Gasteiger partial charge in [0.1, 0.15) is 28.9 Å². The van der Waals surface area contributed by atoms with E-state index in [2.05, 4.69) is 25.6 Å². The zero-order valence-electron chi connectivity index (χ0n) is 16.5. The molecular weight excluding hydrogens is 435 g/mol. The molecule has 162 valence electrons. The fourth-order valence-corrected chi connectivity index (χ4v) is 3.75. The molecule has 0 saturated heterocycles. The number of hydrogen-bond acceptors (Lipinski definition) is 6. The molecule has 3 aromatic heterocycles. The molecule has 13 heteroatoms. The van der Waals surface area contributed by atoms with Crippen LogP contribution < -0.4 is 10.6 Å². The number of carbonyl (C=O) groups is 1.